The highest BCUT2D eigenvalue weighted by molar-refractivity contribution is 5.97. The summed E-state index contributed by atoms with van der Waals surface area (Å²) in [6.45, 7) is 0. The minimum Gasteiger partial charge on any atom is -0.358 e. The van der Waals surface area contributed by atoms with E-state index in [9.17, 15) is 0 Å². The first kappa shape index (κ1) is 13.0. The van der Waals surface area contributed by atoms with Crippen molar-refractivity contribution in [3.05, 3.63) is 58.2 Å². The summed E-state index contributed by atoms with van der Waals surface area (Å²) in [6.07, 6.45) is 5.64. The predicted molar refractivity (Wildman–Crippen MR) is 75.5 cm³/mol. The van der Waals surface area contributed by atoms with E-state index in [2.05, 4.69) is 39.2 Å². The Bertz CT molecular complexity index is 809. The van der Waals surface area contributed by atoms with Gasteiger partial charge in [0, 0.05) is 28.4 Å². The van der Waals surface area contributed by atoms with Crippen molar-refractivity contribution in [1.82, 2.24) is 15.0 Å². The van der Waals surface area contributed by atoms with Gasteiger partial charge >= 0.3 is 0 Å². The maximum atomic E-state index is 8.36. The summed E-state index contributed by atoms with van der Waals surface area (Å²) in [5.74, 6) is 0. The molecule has 0 atom stereocenters. The predicted octanol–water partition coefficient (Wildman–Crippen LogP) is 2.38. The first-order valence-corrected chi connectivity index (χ1v) is 6.39. The third kappa shape index (κ3) is 2.40. The summed E-state index contributed by atoms with van der Waals surface area (Å²) in [4.78, 5) is 20.4. The average molecular weight is 284 g/mol. The Morgan fingerprint density at radius 3 is 2.86 bits per heavy atom. The molecule has 0 aliphatic heterocycles. The number of hydrogen-bond acceptors (Lipinski definition) is 4. The van der Waals surface area contributed by atoms with Crippen molar-refractivity contribution < 1.29 is 10.3 Å². The Labute approximate surface area is 119 Å². The highest BCUT2D eigenvalue weighted by Gasteiger charge is 2.21. The summed E-state index contributed by atoms with van der Waals surface area (Å²) in [5, 5.41) is 14.9. The molecule has 2 N–H and O–H groups in total. The van der Waals surface area contributed by atoms with Crippen molar-refractivity contribution in [1.29, 1.82) is 0 Å². The van der Waals surface area contributed by atoms with Crippen molar-refractivity contribution in [3.63, 3.8) is 0 Å². The van der Waals surface area contributed by atoms with Crippen LogP contribution in [0, 0.1) is 10.1 Å². The Morgan fingerprint density at radius 1 is 1.29 bits per heavy atom. The number of nitrogens with zero attached hydrogens (tertiary/aromatic N) is 3. The molecule has 0 fully saturated rings. The minimum absolute atomic E-state index is 1.02. The van der Waals surface area contributed by atoms with Crippen LogP contribution in [-0.2, 0) is 12.8 Å². The molecule has 2 aromatic heterocycles. The van der Waals surface area contributed by atoms with E-state index >= 15 is 0 Å². The van der Waals surface area contributed by atoms with Crippen LogP contribution in [0.3, 0.4) is 0 Å². The second-order valence-corrected chi connectivity index (χ2v) is 4.66. The molecule has 0 saturated heterocycles. The van der Waals surface area contributed by atoms with Crippen molar-refractivity contribution in [2.45, 2.75) is 12.8 Å². The van der Waals surface area contributed by atoms with Crippen molar-refractivity contribution >= 4 is 10.9 Å². The molecule has 1 aliphatic carbocycles. The van der Waals surface area contributed by atoms with Gasteiger partial charge in [0.05, 0.1) is 5.69 Å². The van der Waals surface area contributed by atoms with E-state index in [-0.39, 0.29) is 0 Å². The zero-order valence-corrected chi connectivity index (χ0v) is 11.0. The van der Waals surface area contributed by atoms with Gasteiger partial charge in [0.15, 0.2) is 0 Å². The lowest BCUT2D eigenvalue weighted by Gasteiger charge is -2.14. The molecule has 4 rings (SSSR count). The Hall–Kier alpha value is -2.96. The van der Waals surface area contributed by atoms with Crippen LogP contribution in [0.4, 0.5) is 0 Å². The fourth-order valence-electron chi connectivity index (χ4n) is 2.68. The maximum absolute atomic E-state index is 8.36. The second-order valence-electron chi connectivity index (χ2n) is 4.66. The number of rotatable bonds is 0. The Balaban J connectivity index is 0.000000298. The van der Waals surface area contributed by atoms with E-state index in [0.717, 1.165) is 18.5 Å². The quantitative estimate of drug-likeness (QED) is 0.487. The Kier molecular flexibility index (Phi) is 3.23. The molecule has 1 aromatic carbocycles. The molecule has 1 aliphatic rings. The van der Waals surface area contributed by atoms with Crippen LogP contribution in [0.15, 0.2) is 36.8 Å². The fourth-order valence-corrected chi connectivity index (χ4v) is 2.68. The second kappa shape index (κ2) is 5.20. The minimum atomic E-state index is -1.50. The summed E-state index contributed by atoms with van der Waals surface area (Å²) in [5.41, 5.74) is 6.12. The Morgan fingerprint density at radius 2 is 2.05 bits per heavy atom. The highest BCUT2D eigenvalue weighted by atomic mass is 16.9. The fraction of sp³-hybridized carbons (Fsp3) is 0.143. The van der Waals surface area contributed by atoms with Crippen molar-refractivity contribution in [2.75, 3.05) is 0 Å². The number of fused-ring (bicyclic) bond motifs is 5. The standard InChI is InChI=1S/C14H11N3.HNO3/c1-2-4-11-10(3-1)13-12(17-11)6-5-9-7-15-8-16-14(9)13;2-1(3)4/h1-4,7-8,17H,5-6H2;(H,2,3,4). The molecule has 7 heteroatoms. The molecule has 7 nitrogen and oxygen atoms in total. The van der Waals surface area contributed by atoms with Gasteiger partial charge in [-0.15, -0.1) is 10.1 Å². The third-order valence-corrected chi connectivity index (χ3v) is 3.45. The average Bonchev–Trinajstić information content (AvgIpc) is 2.85. The number of H-pyrrole nitrogens is 1. The van der Waals surface area contributed by atoms with Gasteiger partial charge in [0.1, 0.15) is 6.33 Å². The van der Waals surface area contributed by atoms with Gasteiger partial charge in [0.2, 0.25) is 0 Å². The van der Waals surface area contributed by atoms with Crippen LogP contribution < -0.4 is 0 Å². The van der Waals surface area contributed by atoms with E-state index in [4.69, 9.17) is 15.3 Å². The molecule has 0 amide bonds. The molecule has 0 spiro atoms. The SMILES string of the molecule is O=[N+]([O-])O.c1ccc2c3c([nH]c2c1)CCc1cncnc1-3. The zero-order chi connectivity index (χ0) is 14.8. The lowest BCUT2D eigenvalue weighted by molar-refractivity contribution is -0.742. The number of nitrogens with one attached hydrogen (secondary N) is 1. The summed E-state index contributed by atoms with van der Waals surface area (Å²) >= 11 is 0. The van der Waals surface area contributed by atoms with Crippen molar-refractivity contribution in [2.24, 2.45) is 0 Å². The van der Waals surface area contributed by atoms with Crippen LogP contribution in [0.2, 0.25) is 0 Å². The largest absolute Gasteiger partial charge is 0.358 e. The summed E-state index contributed by atoms with van der Waals surface area (Å²) < 4.78 is 0. The molecule has 0 bridgehead atoms. The smallest absolute Gasteiger partial charge is 0.291 e. The van der Waals surface area contributed by atoms with Gasteiger partial charge in [-0.2, -0.15) is 0 Å². The first-order chi connectivity index (χ1) is 10.2. The van der Waals surface area contributed by atoms with Crippen LogP contribution in [0.5, 0.6) is 0 Å². The van der Waals surface area contributed by atoms with Gasteiger partial charge in [0.25, 0.3) is 5.09 Å². The monoisotopic (exact) mass is 284 g/mol. The summed E-state index contributed by atoms with van der Waals surface area (Å²) in [6, 6.07) is 8.41. The number of aromatic nitrogens is 3. The summed E-state index contributed by atoms with van der Waals surface area (Å²) in [7, 11) is 0. The number of benzene rings is 1. The number of aryl methyl sites for hydroxylation is 2. The van der Waals surface area contributed by atoms with Crippen LogP contribution >= 0.6 is 0 Å². The van der Waals surface area contributed by atoms with Gasteiger partial charge in [-0.1, -0.05) is 18.2 Å². The van der Waals surface area contributed by atoms with Crippen LogP contribution in [-0.4, -0.2) is 25.2 Å². The topological polar surface area (TPSA) is 105 Å². The van der Waals surface area contributed by atoms with Gasteiger partial charge < -0.3 is 10.2 Å². The molecular weight excluding hydrogens is 272 g/mol. The maximum Gasteiger partial charge on any atom is 0.291 e. The van der Waals surface area contributed by atoms with Gasteiger partial charge in [-0.25, -0.2) is 9.97 Å². The van der Waals surface area contributed by atoms with Crippen LogP contribution in [0.25, 0.3) is 22.2 Å². The molecule has 0 saturated carbocycles. The van der Waals surface area contributed by atoms with E-state index in [1.165, 1.54) is 27.7 Å². The van der Waals surface area contributed by atoms with E-state index in [1.54, 1.807) is 6.33 Å². The molecule has 3 aromatic rings. The number of hydrogen-bond donors (Lipinski definition) is 2. The van der Waals surface area contributed by atoms with Gasteiger partial charge in [-0.05, 0) is 24.5 Å². The third-order valence-electron chi connectivity index (χ3n) is 3.45. The normalized spacial score (nSPS) is 12.0. The van der Waals surface area contributed by atoms with E-state index in [1.807, 2.05) is 6.20 Å². The van der Waals surface area contributed by atoms with Gasteiger partial charge in [-0.3, -0.25) is 0 Å². The highest BCUT2D eigenvalue weighted by Crippen LogP contribution is 2.36. The molecule has 2 heterocycles. The first-order valence-electron chi connectivity index (χ1n) is 6.39. The lowest BCUT2D eigenvalue weighted by atomic mass is 9.93. The molecular formula is C14H12N4O3. The lowest BCUT2D eigenvalue weighted by Crippen LogP contribution is -2.05. The number of aromatic amines is 1. The zero-order valence-electron chi connectivity index (χ0n) is 11.0. The molecule has 0 radical (unpaired) electrons. The number of para-hydroxylation sites is 1. The molecule has 106 valence electrons. The van der Waals surface area contributed by atoms with Crippen LogP contribution in [0.1, 0.15) is 11.3 Å². The van der Waals surface area contributed by atoms with Crippen molar-refractivity contribution in [3.8, 4) is 11.3 Å². The molecule has 0 unspecified atom stereocenters. The molecule has 21 heavy (non-hydrogen) atoms. The van der Waals surface area contributed by atoms with E-state index in [0.29, 0.717) is 0 Å². The van der Waals surface area contributed by atoms with E-state index < -0.39 is 5.09 Å².